The van der Waals surface area contributed by atoms with Crippen molar-refractivity contribution in [1.82, 2.24) is 30.9 Å². The monoisotopic (exact) mass is 1230 g/mol. The van der Waals surface area contributed by atoms with Crippen LogP contribution in [0, 0.1) is 22.7 Å². The number of carbonyl (C=O) groups excluding carboxylic acids is 9. The van der Waals surface area contributed by atoms with E-state index >= 15 is 9.59 Å². The molecule has 8 rings (SSSR count). The zero-order valence-corrected chi connectivity index (χ0v) is 50.7. The fraction of sp³-hybridized carbons (Fsp3) is 0.500. The van der Waals surface area contributed by atoms with Crippen LogP contribution in [0.25, 0.3) is 0 Å². The number of unbranched alkanes of at least 4 members (excludes halogenated alkanes) is 1. The molecule has 4 aliphatic rings. The Hall–Kier alpha value is -8.68. The minimum Gasteiger partial charge on any atom is -0.480 e. The molecule has 25 heteroatoms. The molecular weight excluding hydrogens is 1160 g/mol. The first-order chi connectivity index (χ1) is 42.3. The van der Waals surface area contributed by atoms with Gasteiger partial charge < -0.3 is 59.3 Å². The maximum Gasteiger partial charge on any atom is 0.350 e. The standard InChI is InChI=1S/C64H76N6O19/c1-37-46(32-64(82)56(88-59(80)42-23-15-10-16-24-42)54-62(6,28-26-43-27-29-63(43,54)89-39(3)72)55(76)52(85-38(2)71)50(37)61(64,4)5)86-60(81)53(51(40-19-11-8-12-20-40)67-57(77)41-21-13-9-14-22-41)87-49(75)35-83-34-48(74)84-36-70-33-44(68-69-70)31-47(73)66-30-18-17-25-45(65-7)58(78)79/h8-16,19-24,33,43,45-46,51-54,56,65,82H,17-18,25-32,34-36H2,1-7H3,(H,66,73)(H,67,77)(H,78,79)/t43-,45-,46-,51-,52+,53+,54-,56-,62+,63-,64+/m0/s1. The van der Waals surface area contributed by atoms with E-state index in [1.54, 1.807) is 94.5 Å². The summed E-state index contributed by atoms with van der Waals surface area (Å²) in [6.07, 6.45) is -3.61. The highest BCUT2D eigenvalue weighted by Gasteiger charge is 2.75. The number of hydrogen-bond donors (Lipinski definition) is 5. The average Bonchev–Trinajstić information content (AvgIpc) is 0.801. The summed E-state index contributed by atoms with van der Waals surface area (Å²) < 4.78 is 43.1. The van der Waals surface area contributed by atoms with Crippen molar-refractivity contribution in [3.8, 4) is 0 Å². The first kappa shape index (κ1) is 66.3. The van der Waals surface area contributed by atoms with Crippen molar-refractivity contribution >= 4 is 59.4 Å². The molecule has 0 aliphatic heterocycles. The number of benzene rings is 3. The van der Waals surface area contributed by atoms with Crippen molar-refractivity contribution in [3.63, 3.8) is 0 Å². The topological polar surface area (TPSA) is 343 Å². The van der Waals surface area contributed by atoms with Gasteiger partial charge in [-0.15, -0.1) is 5.10 Å². The van der Waals surface area contributed by atoms with E-state index in [-0.39, 0.29) is 64.6 Å². The van der Waals surface area contributed by atoms with Crippen LogP contribution in [0.15, 0.2) is 108 Å². The Morgan fingerprint density at radius 3 is 2.06 bits per heavy atom. The summed E-state index contributed by atoms with van der Waals surface area (Å²) in [5, 5.41) is 39.3. The number of rotatable bonds is 26. The van der Waals surface area contributed by atoms with Gasteiger partial charge in [0.2, 0.25) is 12.0 Å². The lowest BCUT2D eigenvalue weighted by Gasteiger charge is -2.67. The molecule has 0 radical (unpaired) electrons. The number of carboxylic acids is 1. The zero-order valence-electron chi connectivity index (χ0n) is 50.7. The van der Waals surface area contributed by atoms with E-state index < -0.39 is 144 Å². The van der Waals surface area contributed by atoms with Crippen LogP contribution in [0.5, 0.6) is 0 Å². The number of amides is 2. The van der Waals surface area contributed by atoms with Crippen LogP contribution in [0.1, 0.15) is 131 Å². The van der Waals surface area contributed by atoms with Crippen molar-refractivity contribution in [2.75, 3.05) is 26.8 Å². The molecular formula is C64H76N6O19. The molecule has 0 unspecified atom stereocenters. The SMILES string of the molecule is CN[C@@H](CCCCNC(=O)Cc1cn(COC(=O)COCC(=O)O[C@@H](C(=O)O[C@H]2C[C@@]3(O)[C@@H](OC(=O)c4ccccc4)[C@@H]4[C@]5(OC(C)=O)CC[C@@H]5CC[C@@]4(C)C(=O)[C@H](OC(C)=O)C(=C2C)C3(C)C)[C@@H](NC(=O)c2ccccc2)c2ccccc2)nn1)C(=O)O. The summed E-state index contributed by atoms with van der Waals surface area (Å²) in [4.78, 5) is 137. The number of aromatic nitrogens is 3. The molecule has 0 spiro atoms. The van der Waals surface area contributed by atoms with Crippen molar-refractivity contribution in [2.24, 2.45) is 22.7 Å². The Balaban J connectivity index is 1.07. The Morgan fingerprint density at radius 2 is 1.44 bits per heavy atom. The number of nitrogens with zero attached hydrogens (tertiary/aromatic N) is 3. The number of nitrogens with one attached hydrogen (secondary N) is 3. The third-order valence-corrected chi connectivity index (χ3v) is 17.8. The number of carbonyl (C=O) groups is 10. The van der Waals surface area contributed by atoms with E-state index in [2.05, 4.69) is 26.3 Å². The second-order valence-corrected chi connectivity index (χ2v) is 23.8. The lowest BCUT2D eigenvalue weighted by atomic mass is 9.41. The highest BCUT2D eigenvalue weighted by atomic mass is 16.6. The molecule has 25 nitrogen and oxygen atoms in total. The van der Waals surface area contributed by atoms with Crippen molar-refractivity contribution in [3.05, 3.63) is 131 Å². The Kier molecular flexibility index (Phi) is 21.0. The van der Waals surface area contributed by atoms with Crippen LogP contribution in [-0.2, 0) is 84.7 Å². The predicted molar refractivity (Wildman–Crippen MR) is 311 cm³/mol. The van der Waals surface area contributed by atoms with Gasteiger partial charge in [0, 0.05) is 43.2 Å². The molecule has 3 fully saturated rings. The first-order valence-corrected chi connectivity index (χ1v) is 29.5. The molecule has 11 atom stereocenters. The van der Waals surface area contributed by atoms with Gasteiger partial charge in [0.15, 0.2) is 18.6 Å². The van der Waals surface area contributed by atoms with Gasteiger partial charge >= 0.3 is 41.8 Å². The predicted octanol–water partition coefficient (Wildman–Crippen LogP) is 4.64. The molecule has 476 valence electrons. The summed E-state index contributed by atoms with van der Waals surface area (Å²) in [5.74, 6) is -10.2. The average molecular weight is 1230 g/mol. The summed E-state index contributed by atoms with van der Waals surface area (Å²) in [6, 6.07) is 21.7. The Bertz CT molecular complexity index is 3320. The maximum absolute atomic E-state index is 15.8. The third kappa shape index (κ3) is 14.6. The van der Waals surface area contributed by atoms with E-state index in [1.807, 2.05) is 0 Å². The fourth-order valence-electron chi connectivity index (χ4n) is 13.2. The number of ether oxygens (including phenoxy) is 7. The minimum atomic E-state index is -2.38. The van der Waals surface area contributed by atoms with E-state index in [4.69, 9.17) is 33.2 Å². The molecule has 4 aromatic rings. The van der Waals surface area contributed by atoms with E-state index in [9.17, 15) is 48.6 Å². The van der Waals surface area contributed by atoms with Crippen LogP contribution in [0.3, 0.4) is 0 Å². The minimum absolute atomic E-state index is 0.0302. The number of esters is 6. The van der Waals surface area contributed by atoms with Crippen LogP contribution in [-0.4, -0.2) is 153 Å². The molecule has 89 heavy (non-hydrogen) atoms. The number of aliphatic carboxylic acids is 1. The van der Waals surface area contributed by atoms with Crippen molar-refractivity contribution < 1.29 is 91.3 Å². The van der Waals surface area contributed by atoms with Gasteiger partial charge in [0.1, 0.15) is 48.7 Å². The number of fused-ring (bicyclic) bond motifs is 5. The normalized spacial score (nSPS) is 25.0. The van der Waals surface area contributed by atoms with Crippen LogP contribution >= 0.6 is 0 Å². The molecule has 4 aliphatic carbocycles. The van der Waals surface area contributed by atoms with Gasteiger partial charge in [0.05, 0.1) is 29.8 Å². The molecule has 1 heterocycles. The van der Waals surface area contributed by atoms with Gasteiger partial charge in [-0.1, -0.05) is 92.7 Å². The van der Waals surface area contributed by atoms with Crippen molar-refractivity contribution in [2.45, 2.75) is 154 Å². The third-order valence-electron chi connectivity index (χ3n) is 17.8. The second kappa shape index (κ2) is 28.2. The molecule has 2 amide bonds. The number of carboxylic acid groups (broad SMARTS) is 1. The second-order valence-electron chi connectivity index (χ2n) is 23.8. The molecule has 1 aromatic heterocycles. The van der Waals surface area contributed by atoms with Crippen LogP contribution in [0.4, 0.5) is 0 Å². The number of hydrogen-bond acceptors (Lipinski definition) is 21. The molecule has 5 N–H and O–H groups in total. The maximum atomic E-state index is 15.8. The lowest BCUT2D eigenvalue weighted by molar-refractivity contribution is -0.281. The van der Waals surface area contributed by atoms with Crippen LogP contribution < -0.4 is 16.0 Å². The number of aliphatic hydroxyl groups is 1. The van der Waals surface area contributed by atoms with Gasteiger partial charge in [-0.05, 0) is 106 Å². The van der Waals surface area contributed by atoms with Gasteiger partial charge in [-0.2, -0.15) is 0 Å². The summed E-state index contributed by atoms with van der Waals surface area (Å²) >= 11 is 0. The number of ketones is 1. The van der Waals surface area contributed by atoms with Gasteiger partial charge in [0.25, 0.3) is 5.91 Å². The summed E-state index contributed by atoms with van der Waals surface area (Å²) in [5.41, 5.74) is -6.19. The first-order valence-electron chi connectivity index (χ1n) is 29.5. The number of likely N-dealkylation sites (N-methyl/N-ethyl adjacent to an activating group) is 1. The van der Waals surface area contributed by atoms with E-state index in [1.165, 1.54) is 44.3 Å². The quantitative estimate of drug-likeness (QED) is 0.0247. The smallest absolute Gasteiger partial charge is 0.350 e. The summed E-state index contributed by atoms with van der Waals surface area (Å²) in [6.45, 7) is 6.78. The van der Waals surface area contributed by atoms with Gasteiger partial charge in [-0.25, -0.2) is 23.9 Å². The molecule has 2 bridgehead atoms. The highest BCUT2D eigenvalue weighted by Crippen LogP contribution is 2.67. The molecule has 0 saturated heterocycles. The number of Topliss-reactive ketones (excluding diaryl/α,β-unsaturated/α-hetero) is 1. The largest absolute Gasteiger partial charge is 0.480 e. The van der Waals surface area contributed by atoms with Crippen molar-refractivity contribution in [1.29, 1.82) is 0 Å². The molecule has 3 saturated carbocycles. The van der Waals surface area contributed by atoms with E-state index in [0.717, 1.165) is 11.6 Å². The summed E-state index contributed by atoms with van der Waals surface area (Å²) in [7, 11) is 1.56. The van der Waals surface area contributed by atoms with Crippen LogP contribution in [0.2, 0.25) is 0 Å². The molecule has 3 aromatic carbocycles. The lowest BCUT2D eigenvalue weighted by Crippen LogP contribution is -2.76. The Morgan fingerprint density at radius 1 is 0.798 bits per heavy atom. The Labute approximate surface area is 513 Å². The highest BCUT2D eigenvalue weighted by molar-refractivity contribution is 5.96. The van der Waals surface area contributed by atoms with Gasteiger partial charge in [-0.3, -0.25) is 28.8 Å². The fourth-order valence-corrected chi connectivity index (χ4v) is 13.2. The zero-order chi connectivity index (χ0) is 64.4. The van der Waals surface area contributed by atoms with E-state index in [0.29, 0.717) is 38.6 Å².